The predicted molar refractivity (Wildman–Crippen MR) is 121 cm³/mol. The van der Waals surface area contributed by atoms with E-state index in [0.717, 1.165) is 50.1 Å². The molecule has 1 aliphatic rings. The highest BCUT2D eigenvalue weighted by atomic mass is 16.6. The Kier molecular flexibility index (Phi) is 7.76. The molecule has 0 N–H and O–H groups in total. The van der Waals surface area contributed by atoms with Crippen LogP contribution in [0.25, 0.3) is 0 Å². The molecule has 1 aliphatic heterocycles. The average Bonchev–Trinajstić information content (AvgIpc) is 2.80. The molecule has 0 radical (unpaired) electrons. The molecular formula is C24H31N3O4. The highest BCUT2D eigenvalue weighted by Gasteiger charge is 2.42. The minimum Gasteiger partial charge on any atom is -0.382 e. The van der Waals surface area contributed by atoms with Crippen molar-refractivity contribution in [1.82, 2.24) is 4.90 Å². The summed E-state index contributed by atoms with van der Waals surface area (Å²) in [5.41, 5.74) is 1.78. The number of benzene rings is 2. The number of ether oxygens (including phenoxy) is 1. The number of nitro benzene ring substituents is 1. The molecule has 0 bridgehead atoms. The molecule has 0 unspecified atom stereocenters. The van der Waals surface area contributed by atoms with Crippen LogP contribution in [0.3, 0.4) is 0 Å². The molecule has 7 nitrogen and oxygen atoms in total. The molecule has 0 aliphatic carbocycles. The van der Waals surface area contributed by atoms with Gasteiger partial charge in [-0.15, -0.1) is 0 Å². The third-order valence-electron chi connectivity index (χ3n) is 6.10. The molecule has 0 spiro atoms. The van der Waals surface area contributed by atoms with Gasteiger partial charge in [-0.3, -0.25) is 14.9 Å². The van der Waals surface area contributed by atoms with Crippen LogP contribution in [-0.4, -0.2) is 54.6 Å². The average molecular weight is 426 g/mol. The third kappa shape index (κ3) is 5.48. The van der Waals surface area contributed by atoms with E-state index in [0.29, 0.717) is 13.0 Å². The summed E-state index contributed by atoms with van der Waals surface area (Å²) in [4.78, 5) is 27.8. The Bertz CT molecular complexity index is 862. The second kappa shape index (κ2) is 10.5. The number of non-ortho nitro benzene ring substituents is 1. The van der Waals surface area contributed by atoms with E-state index in [4.69, 9.17) is 4.74 Å². The van der Waals surface area contributed by atoms with Crippen LogP contribution in [0, 0.1) is 10.1 Å². The van der Waals surface area contributed by atoms with Crippen molar-refractivity contribution >= 4 is 17.3 Å². The van der Waals surface area contributed by atoms with Crippen molar-refractivity contribution in [2.75, 3.05) is 38.3 Å². The Morgan fingerprint density at radius 2 is 1.77 bits per heavy atom. The topological polar surface area (TPSA) is 75.9 Å². The van der Waals surface area contributed by atoms with Crippen LogP contribution < -0.4 is 4.90 Å². The number of rotatable bonds is 9. The molecule has 2 aromatic carbocycles. The molecule has 1 fully saturated rings. The lowest BCUT2D eigenvalue weighted by atomic mass is 9.85. The first-order chi connectivity index (χ1) is 15.0. The molecular weight excluding hydrogens is 394 g/mol. The number of nitro groups is 1. The van der Waals surface area contributed by atoms with Crippen LogP contribution in [0.2, 0.25) is 0 Å². The largest absolute Gasteiger partial charge is 0.382 e. The highest BCUT2D eigenvalue weighted by Crippen LogP contribution is 2.34. The minimum absolute atomic E-state index is 0.113. The highest BCUT2D eigenvalue weighted by molar-refractivity contribution is 5.94. The first-order valence-corrected chi connectivity index (χ1v) is 10.8. The number of para-hydroxylation sites is 1. The Hall–Kier alpha value is -2.77. The summed E-state index contributed by atoms with van der Waals surface area (Å²) in [5.74, 6) is 0.113. The van der Waals surface area contributed by atoms with Gasteiger partial charge in [0.2, 0.25) is 5.91 Å². The van der Waals surface area contributed by atoms with E-state index >= 15 is 0 Å². The fourth-order valence-electron chi connectivity index (χ4n) is 4.38. The molecule has 1 amide bonds. The Morgan fingerprint density at radius 1 is 1.13 bits per heavy atom. The van der Waals surface area contributed by atoms with Gasteiger partial charge in [0, 0.05) is 51.0 Å². The van der Waals surface area contributed by atoms with E-state index in [1.165, 1.54) is 0 Å². The zero-order chi connectivity index (χ0) is 22.3. The maximum absolute atomic E-state index is 13.0. The third-order valence-corrected chi connectivity index (χ3v) is 6.10. The van der Waals surface area contributed by atoms with Gasteiger partial charge in [-0.25, -0.2) is 0 Å². The first-order valence-electron chi connectivity index (χ1n) is 10.8. The van der Waals surface area contributed by atoms with Crippen molar-refractivity contribution in [3.05, 3.63) is 70.3 Å². The van der Waals surface area contributed by atoms with E-state index in [1.807, 2.05) is 54.3 Å². The number of likely N-dealkylation sites (tertiary alicyclic amines) is 1. The second-order valence-electron chi connectivity index (χ2n) is 8.09. The monoisotopic (exact) mass is 425 g/mol. The fraction of sp³-hybridized carbons (Fsp3) is 0.458. The molecule has 2 aromatic rings. The Labute approximate surface area is 183 Å². The minimum atomic E-state index is -0.375. The zero-order valence-electron chi connectivity index (χ0n) is 18.3. The van der Waals surface area contributed by atoms with Crippen LogP contribution in [0.4, 0.5) is 11.4 Å². The summed E-state index contributed by atoms with van der Waals surface area (Å²) in [6.07, 6.45) is 2.96. The maximum atomic E-state index is 13.0. The summed E-state index contributed by atoms with van der Waals surface area (Å²) in [5, 5.41) is 10.8. The van der Waals surface area contributed by atoms with Gasteiger partial charge in [-0.2, -0.15) is 0 Å². The fourth-order valence-corrected chi connectivity index (χ4v) is 4.38. The summed E-state index contributed by atoms with van der Waals surface area (Å²) >= 11 is 0. The molecule has 0 saturated carbocycles. The number of nitrogens with zero attached hydrogens (tertiary/aromatic N) is 3. The number of anilines is 1. The van der Waals surface area contributed by atoms with E-state index in [-0.39, 0.29) is 22.1 Å². The van der Waals surface area contributed by atoms with Gasteiger partial charge in [0.1, 0.15) is 0 Å². The number of carbonyl (C=O) groups excluding carboxylic acids is 1. The van der Waals surface area contributed by atoms with Gasteiger partial charge in [0.05, 0.1) is 17.1 Å². The molecule has 1 saturated heterocycles. The molecule has 0 atom stereocenters. The summed E-state index contributed by atoms with van der Waals surface area (Å²) in [6.45, 7) is 5.03. The standard InChI is InChI=1S/C24H31N3O4/c1-3-23(28)26(21-7-5-4-6-8-21)24(19-31-2)14-17-25(18-15-24)16-13-20-9-11-22(12-10-20)27(29)30/h4-12H,3,13-19H2,1-2H3. The Morgan fingerprint density at radius 3 is 2.32 bits per heavy atom. The van der Waals surface area contributed by atoms with Gasteiger partial charge >= 0.3 is 0 Å². The van der Waals surface area contributed by atoms with Gasteiger partial charge in [0.25, 0.3) is 5.69 Å². The lowest BCUT2D eigenvalue weighted by Gasteiger charge is -2.48. The van der Waals surface area contributed by atoms with Crippen molar-refractivity contribution in [2.24, 2.45) is 0 Å². The normalized spacial score (nSPS) is 16.1. The number of methoxy groups -OCH3 is 1. The molecule has 1 heterocycles. The van der Waals surface area contributed by atoms with E-state index in [9.17, 15) is 14.9 Å². The summed E-state index contributed by atoms with van der Waals surface area (Å²) < 4.78 is 5.61. The number of carbonyl (C=O) groups is 1. The smallest absolute Gasteiger partial charge is 0.269 e. The molecule has 0 aromatic heterocycles. The van der Waals surface area contributed by atoms with Crippen molar-refractivity contribution in [2.45, 2.75) is 38.1 Å². The lowest BCUT2D eigenvalue weighted by Crippen LogP contribution is -2.60. The zero-order valence-corrected chi connectivity index (χ0v) is 18.3. The SMILES string of the molecule is CCC(=O)N(c1ccccc1)C1(COC)CCN(CCc2ccc([N+](=O)[O-])cc2)CC1. The first kappa shape index (κ1) is 22.9. The number of hydrogen-bond acceptors (Lipinski definition) is 5. The van der Waals surface area contributed by atoms with E-state index in [1.54, 1.807) is 19.2 Å². The summed E-state index contributed by atoms with van der Waals surface area (Å²) in [7, 11) is 1.70. The maximum Gasteiger partial charge on any atom is 0.269 e. The van der Waals surface area contributed by atoms with Crippen molar-refractivity contribution in [3.63, 3.8) is 0 Å². The molecule has 7 heteroatoms. The van der Waals surface area contributed by atoms with Crippen LogP contribution in [0.1, 0.15) is 31.7 Å². The number of amides is 1. The van der Waals surface area contributed by atoms with Crippen LogP contribution >= 0.6 is 0 Å². The van der Waals surface area contributed by atoms with Crippen LogP contribution in [0.5, 0.6) is 0 Å². The molecule has 166 valence electrons. The lowest BCUT2D eigenvalue weighted by molar-refractivity contribution is -0.384. The van der Waals surface area contributed by atoms with Gasteiger partial charge in [0.15, 0.2) is 0 Å². The van der Waals surface area contributed by atoms with E-state index < -0.39 is 0 Å². The van der Waals surface area contributed by atoms with Gasteiger partial charge in [-0.1, -0.05) is 37.3 Å². The predicted octanol–water partition coefficient (Wildman–Crippen LogP) is 4.06. The van der Waals surface area contributed by atoms with Gasteiger partial charge in [-0.05, 0) is 37.0 Å². The van der Waals surface area contributed by atoms with E-state index in [2.05, 4.69) is 4.90 Å². The Balaban J connectivity index is 1.68. The van der Waals surface area contributed by atoms with Crippen molar-refractivity contribution in [3.8, 4) is 0 Å². The summed E-state index contributed by atoms with van der Waals surface area (Å²) in [6, 6.07) is 16.6. The van der Waals surface area contributed by atoms with Crippen molar-refractivity contribution in [1.29, 1.82) is 0 Å². The molecule has 3 rings (SSSR count). The number of hydrogen-bond donors (Lipinski definition) is 0. The quantitative estimate of drug-likeness (QED) is 0.447. The van der Waals surface area contributed by atoms with Crippen molar-refractivity contribution < 1.29 is 14.5 Å². The van der Waals surface area contributed by atoms with Gasteiger partial charge < -0.3 is 14.5 Å². The second-order valence-corrected chi connectivity index (χ2v) is 8.09. The molecule has 31 heavy (non-hydrogen) atoms. The van der Waals surface area contributed by atoms with Crippen LogP contribution in [0.15, 0.2) is 54.6 Å². The number of piperidine rings is 1. The van der Waals surface area contributed by atoms with Crippen LogP contribution in [-0.2, 0) is 16.0 Å².